The van der Waals surface area contributed by atoms with Gasteiger partial charge < -0.3 is 19.6 Å². The van der Waals surface area contributed by atoms with Crippen molar-refractivity contribution in [1.82, 2.24) is 5.32 Å². The molecule has 1 fully saturated rings. The van der Waals surface area contributed by atoms with Crippen LogP contribution < -0.4 is 5.32 Å². The number of oxime groups is 1. The van der Waals surface area contributed by atoms with Crippen molar-refractivity contribution in [3.63, 3.8) is 0 Å². The summed E-state index contributed by atoms with van der Waals surface area (Å²) in [5, 5.41) is 7.20. The average molecular weight is 354 g/mol. The Kier molecular flexibility index (Phi) is 5.95. The first-order chi connectivity index (χ1) is 11.7. The van der Waals surface area contributed by atoms with Gasteiger partial charge in [-0.25, -0.2) is 4.79 Å². The lowest BCUT2D eigenvalue weighted by molar-refractivity contribution is -0.149. The molecule has 2 rings (SSSR count). The summed E-state index contributed by atoms with van der Waals surface area (Å²) in [5.41, 5.74) is 0.352. The van der Waals surface area contributed by atoms with Gasteiger partial charge in [0.2, 0.25) is 0 Å². The minimum atomic E-state index is -0.581. The molecule has 1 N–H and O–H groups in total. The molecule has 2 aliphatic rings. The van der Waals surface area contributed by atoms with Gasteiger partial charge >= 0.3 is 12.1 Å². The van der Waals surface area contributed by atoms with Crippen molar-refractivity contribution in [2.24, 2.45) is 22.9 Å². The lowest BCUT2D eigenvalue weighted by Gasteiger charge is -2.25. The molecule has 0 saturated heterocycles. The van der Waals surface area contributed by atoms with Gasteiger partial charge in [0, 0.05) is 12.0 Å². The monoisotopic (exact) mass is 354 g/mol. The highest BCUT2D eigenvalue weighted by Gasteiger charge is 2.55. The van der Waals surface area contributed by atoms with E-state index in [2.05, 4.69) is 24.3 Å². The molecule has 1 aliphatic carbocycles. The summed E-state index contributed by atoms with van der Waals surface area (Å²) < 4.78 is 10.3. The number of ether oxygens (including phenoxy) is 2. The first-order valence-electron chi connectivity index (χ1n) is 9.02. The third-order valence-corrected chi connectivity index (χ3v) is 4.92. The van der Waals surface area contributed by atoms with Crippen LogP contribution in [-0.2, 0) is 19.1 Å². The van der Waals surface area contributed by atoms with Crippen LogP contribution in [0, 0.1) is 17.8 Å². The smallest absolute Gasteiger partial charge is 0.407 e. The standard InChI is InChI=1S/C18H30N2O5/c1-7-10(8-2)14-13-12(19-17(22)24-18(3,4)5)9-11(16(21)23-6)15(13)25-20-14/h10-13,15H,7-9H2,1-6H3,(H,19,22)/t11-,12+,13-,15-/m1/s1. The first kappa shape index (κ1) is 19.5. The van der Waals surface area contributed by atoms with E-state index >= 15 is 0 Å². The summed E-state index contributed by atoms with van der Waals surface area (Å²) in [5.74, 6) is -0.620. The molecular formula is C18H30N2O5. The van der Waals surface area contributed by atoms with Crippen molar-refractivity contribution in [2.45, 2.75) is 71.6 Å². The van der Waals surface area contributed by atoms with Crippen LogP contribution in [0.25, 0.3) is 0 Å². The lowest BCUT2D eigenvalue weighted by Crippen LogP contribution is -2.45. The van der Waals surface area contributed by atoms with Crippen molar-refractivity contribution in [2.75, 3.05) is 7.11 Å². The molecule has 0 aromatic carbocycles. The van der Waals surface area contributed by atoms with Gasteiger partial charge in [-0.3, -0.25) is 4.79 Å². The number of esters is 1. The summed E-state index contributed by atoms with van der Waals surface area (Å²) in [4.78, 5) is 30.0. The Bertz CT molecular complexity index is 536. The van der Waals surface area contributed by atoms with E-state index in [1.807, 2.05) is 20.8 Å². The minimum absolute atomic E-state index is 0.124. The summed E-state index contributed by atoms with van der Waals surface area (Å²) in [6, 6.07) is -0.259. The molecule has 4 atom stereocenters. The summed E-state index contributed by atoms with van der Waals surface area (Å²) in [7, 11) is 1.36. The molecule has 7 heteroatoms. The van der Waals surface area contributed by atoms with Crippen LogP contribution in [0.5, 0.6) is 0 Å². The van der Waals surface area contributed by atoms with Crippen LogP contribution in [0.15, 0.2) is 5.16 Å². The zero-order valence-corrected chi connectivity index (χ0v) is 16.0. The topological polar surface area (TPSA) is 86.2 Å². The Morgan fingerprint density at radius 1 is 1.32 bits per heavy atom. The zero-order chi connectivity index (χ0) is 18.8. The Hall–Kier alpha value is -1.79. The summed E-state index contributed by atoms with van der Waals surface area (Å²) in [6.45, 7) is 9.66. The number of amides is 1. The van der Waals surface area contributed by atoms with Crippen molar-refractivity contribution in [3.8, 4) is 0 Å². The quantitative estimate of drug-likeness (QED) is 0.767. The van der Waals surface area contributed by atoms with E-state index in [9.17, 15) is 9.59 Å². The third-order valence-electron chi connectivity index (χ3n) is 4.92. The zero-order valence-electron chi connectivity index (χ0n) is 16.0. The van der Waals surface area contributed by atoms with E-state index in [4.69, 9.17) is 14.3 Å². The maximum atomic E-state index is 12.2. The fourth-order valence-corrected chi connectivity index (χ4v) is 3.77. The molecule has 0 spiro atoms. The number of rotatable bonds is 5. The van der Waals surface area contributed by atoms with Gasteiger partial charge in [0.05, 0.1) is 24.7 Å². The lowest BCUT2D eigenvalue weighted by atomic mass is 9.84. The van der Waals surface area contributed by atoms with Crippen LogP contribution in [-0.4, -0.2) is 42.6 Å². The van der Waals surface area contributed by atoms with Gasteiger partial charge in [-0.15, -0.1) is 0 Å². The highest BCUT2D eigenvalue weighted by Crippen LogP contribution is 2.42. The van der Waals surface area contributed by atoms with Gasteiger partial charge in [-0.05, 0) is 40.0 Å². The van der Waals surface area contributed by atoms with Crippen molar-refractivity contribution in [3.05, 3.63) is 0 Å². The van der Waals surface area contributed by atoms with E-state index in [0.717, 1.165) is 18.6 Å². The maximum Gasteiger partial charge on any atom is 0.407 e. The van der Waals surface area contributed by atoms with Gasteiger partial charge in [0.15, 0.2) is 6.10 Å². The Balaban J connectivity index is 2.20. The number of hydrogen-bond acceptors (Lipinski definition) is 6. The van der Waals surface area contributed by atoms with Crippen molar-refractivity contribution < 1.29 is 23.9 Å². The SMILES string of the molecule is CCC(CC)C1=NO[C@H]2[C@@H]1[C@@H](NC(=O)OC(C)(C)C)C[C@H]2C(=O)OC. The highest BCUT2D eigenvalue weighted by molar-refractivity contribution is 5.93. The number of fused-ring (bicyclic) bond motifs is 1. The third kappa shape index (κ3) is 4.25. The van der Waals surface area contributed by atoms with E-state index in [1.165, 1.54) is 7.11 Å². The van der Waals surface area contributed by atoms with E-state index < -0.39 is 17.6 Å². The number of alkyl carbamates (subject to hydrolysis) is 1. The number of nitrogens with one attached hydrogen (secondary N) is 1. The molecule has 142 valence electrons. The largest absolute Gasteiger partial charge is 0.469 e. The Morgan fingerprint density at radius 3 is 2.48 bits per heavy atom. The first-order valence-corrected chi connectivity index (χ1v) is 9.02. The molecular weight excluding hydrogens is 324 g/mol. The summed E-state index contributed by atoms with van der Waals surface area (Å²) in [6.07, 6.45) is 1.45. The van der Waals surface area contributed by atoms with E-state index in [1.54, 1.807) is 0 Å². The van der Waals surface area contributed by atoms with E-state index in [-0.39, 0.29) is 30.0 Å². The van der Waals surface area contributed by atoms with Crippen LogP contribution >= 0.6 is 0 Å². The second-order valence-corrected chi connectivity index (χ2v) is 7.74. The summed E-state index contributed by atoms with van der Waals surface area (Å²) >= 11 is 0. The van der Waals surface area contributed by atoms with Crippen molar-refractivity contribution >= 4 is 17.8 Å². The van der Waals surface area contributed by atoms with Crippen LogP contribution in [0.1, 0.15) is 53.9 Å². The maximum absolute atomic E-state index is 12.2. The molecule has 25 heavy (non-hydrogen) atoms. The molecule has 0 aromatic rings. The van der Waals surface area contributed by atoms with Crippen LogP contribution in [0.2, 0.25) is 0 Å². The minimum Gasteiger partial charge on any atom is -0.469 e. The van der Waals surface area contributed by atoms with Gasteiger partial charge in [0.1, 0.15) is 5.60 Å². The molecule has 1 heterocycles. The van der Waals surface area contributed by atoms with Gasteiger partial charge in [-0.2, -0.15) is 0 Å². The average Bonchev–Trinajstić information content (AvgIpc) is 3.08. The highest BCUT2D eigenvalue weighted by atomic mass is 16.6. The van der Waals surface area contributed by atoms with Gasteiger partial charge in [0.25, 0.3) is 0 Å². The molecule has 0 bridgehead atoms. The van der Waals surface area contributed by atoms with Crippen LogP contribution in [0.4, 0.5) is 4.79 Å². The number of hydrogen-bond donors (Lipinski definition) is 1. The molecule has 1 amide bonds. The molecule has 1 saturated carbocycles. The number of methoxy groups -OCH3 is 1. The Labute approximate surface area is 149 Å². The normalized spacial score (nSPS) is 28.2. The van der Waals surface area contributed by atoms with Gasteiger partial charge in [-0.1, -0.05) is 19.0 Å². The molecule has 0 unspecified atom stereocenters. The predicted octanol–water partition coefficient (Wildman–Crippen LogP) is 2.88. The fraction of sp³-hybridized carbons (Fsp3) is 0.833. The number of carbonyl (C=O) groups excluding carboxylic acids is 2. The van der Waals surface area contributed by atoms with Crippen LogP contribution in [0.3, 0.4) is 0 Å². The molecule has 7 nitrogen and oxygen atoms in total. The molecule has 0 radical (unpaired) electrons. The second-order valence-electron chi connectivity index (χ2n) is 7.74. The predicted molar refractivity (Wildman–Crippen MR) is 93.2 cm³/mol. The fourth-order valence-electron chi connectivity index (χ4n) is 3.77. The second kappa shape index (κ2) is 7.62. The van der Waals surface area contributed by atoms with E-state index in [0.29, 0.717) is 6.42 Å². The van der Waals surface area contributed by atoms with Crippen molar-refractivity contribution in [1.29, 1.82) is 0 Å². The number of carbonyl (C=O) groups is 2. The molecule has 1 aliphatic heterocycles. The molecule has 0 aromatic heterocycles. The number of nitrogens with zero attached hydrogens (tertiary/aromatic N) is 1. The Morgan fingerprint density at radius 2 is 1.96 bits per heavy atom.